The van der Waals surface area contributed by atoms with Crippen LogP contribution >= 0.6 is 0 Å². The molecule has 1 aliphatic carbocycles. The van der Waals surface area contributed by atoms with Crippen molar-refractivity contribution in [1.82, 2.24) is 9.97 Å². The van der Waals surface area contributed by atoms with E-state index in [0.717, 1.165) is 36.9 Å². The number of piperidine rings is 1. The number of hydrogen-bond donors (Lipinski definition) is 2. The van der Waals surface area contributed by atoms with Gasteiger partial charge in [0.05, 0.1) is 0 Å². The molecule has 0 aromatic carbocycles. The average molecular weight is 289 g/mol. The van der Waals surface area contributed by atoms with Gasteiger partial charge in [-0.05, 0) is 38.0 Å². The number of nitrogens with two attached hydrogens (primary N) is 1. The van der Waals surface area contributed by atoms with Crippen LogP contribution in [0.25, 0.3) is 0 Å². The largest absolute Gasteiger partial charge is 0.353 e. The number of hydrazine groups is 1. The van der Waals surface area contributed by atoms with Gasteiger partial charge in [0, 0.05) is 18.2 Å². The van der Waals surface area contributed by atoms with Gasteiger partial charge in [0.2, 0.25) is 0 Å². The van der Waals surface area contributed by atoms with Crippen LogP contribution in [-0.4, -0.2) is 22.6 Å². The zero-order chi connectivity index (χ0) is 14.7. The lowest BCUT2D eigenvalue weighted by Gasteiger charge is -2.45. The van der Waals surface area contributed by atoms with Crippen LogP contribution in [0.1, 0.15) is 57.4 Å². The summed E-state index contributed by atoms with van der Waals surface area (Å²) < 4.78 is 0. The molecule has 2 heterocycles. The number of fused-ring (bicyclic) bond motifs is 1. The van der Waals surface area contributed by atoms with Gasteiger partial charge in [-0.3, -0.25) is 0 Å². The molecule has 2 aliphatic rings. The molecule has 1 aromatic heterocycles. The minimum absolute atomic E-state index is 0.670. The van der Waals surface area contributed by atoms with Crippen molar-refractivity contribution in [1.29, 1.82) is 0 Å². The van der Waals surface area contributed by atoms with Crippen molar-refractivity contribution in [2.45, 2.75) is 64.3 Å². The molecule has 1 saturated heterocycles. The summed E-state index contributed by atoms with van der Waals surface area (Å²) in [5, 5.41) is 0. The normalized spacial score (nSPS) is 25.5. The predicted molar refractivity (Wildman–Crippen MR) is 86.2 cm³/mol. The quantitative estimate of drug-likeness (QED) is 0.659. The summed E-state index contributed by atoms with van der Waals surface area (Å²) in [6.07, 6.45) is 11.8. The van der Waals surface area contributed by atoms with Crippen molar-refractivity contribution in [3.63, 3.8) is 0 Å². The van der Waals surface area contributed by atoms with Crippen molar-refractivity contribution in [2.75, 3.05) is 16.9 Å². The Morgan fingerprint density at radius 2 is 2.05 bits per heavy atom. The van der Waals surface area contributed by atoms with Crippen molar-refractivity contribution in [3.05, 3.63) is 11.9 Å². The van der Waals surface area contributed by atoms with Gasteiger partial charge in [-0.2, -0.15) is 0 Å². The fourth-order valence-electron chi connectivity index (χ4n) is 4.14. The van der Waals surface area contributed by atoms with Gasteiger partial charge in [0.15, 0.2) is 0 Å². The van der Waals surface area contributed by atoms with E-state index >= 15 is 0 Å². The van der Waals surface area contributed by atoms with Crippen molar-refractivity contribution >= 4 is 11.6 Å². The number of aromatic nitrogens is 2. The lowest BCUT2D eigenvalue weighted by atomic mass is 9.78. The second kappa shape index (κ2) is 6.60. The lowest BCUT2D eigenvalue weighted by Crippen LogP contribution is -2.47. The van der Waals surface area contributed by atoms with Crippen LogP contribution in [0.15, 0.2) is 6.33 Å². The monoisotopic (exact) mass is 289 g/mol. The number of nitrogens with one attached hydrogen (secondary N) is 1. The lowest BCUT2D eigenvalue weighted by molar-refractivity contribution is 0.242. The van der Waals surface area contributed by atoms with Gasteiger partial charge in [-0.1, -0.05) is 26.2 Å². The first-order chi connectivity index (χ1) is 10.3. The van der Waals surface area contributed by atoms with E-state index < -0.39 is 0 Å². The Bertz CT molecular complexity index is 474. The summed E-state index contributed by atoms with van der Waals surface area (Å²) in [5.74, 6) is 8.42. The number of nitrogen functional groups attached to an aromatic ring is 1. The third-order valence-corrected chi connectivity index (χ3v) is 5.07. The van der Waals surface area contributed by atoms with Gasteiger partial charge in [0.1, 0.15) is 18.0 Å². The van der Waals surface area contributed by atoms with Gasteiger partial charge in [-0.25, -0.2) is 15.8 Å². The maximum atomic E-state index is 5.65. The van der Waals surface area contributed by atoms with Crippen LogP contribution in [0, 0.1) is 5.92 Å². The molecule has 2 atom stereocenters. The van der Waals surface area contributed by atoms with Crippen molar-refractivity contribution in [3.8, 4) is 0 Å². The third kappa shape index (κ3) is 2.84. The van der Waals surface area contributed by atoms with E-state index in [4.69, 9.17) is 5.84 Å². The molecule has 1 aliphatic heterocycles. The van der Waals surface area contributed by atoms with Gasteiger partial charge in [0.25, 0.3) is 0 Å². The summed E-state index contributed by atoms with van der Waals surface area (Å²) in [5.41, 5.74) is 3.94. The summed E-state index contributed by atoms with van der Waals surface area (Å²) in [4.78, 5) is 11.5. The minimum atomic E-state index is 0.670. The Hall–Kier alpha value is -1.36. The van der Waals surface area contributed by atoms with Crippen LogP contribution in [0.4, 0.5) is 11.6 Å². The third-order valence-electron chi connectivity index (χ3n) is 5.07. The first-order valence-corrected chi connectivity index (χ1v) is 8.42. The molecule has 0 radical (unpaired) electrons. The van der Waals surface area contributed by atoms with Crippen LogP contribution in [0.5, 0.6) is 0 Å². The molecule has 3 rings (SSSR count). The fourth-order valence-corrected chi connectivity index (χ4v) is 4.14. The highest BCUT2D eigenvalue weighted by molar-refractivity contribution is 5.59. The van der Waals surface area contributed by atoms with E-state index in [9.17, 15) is 0 Å². The van der Waals surface area contributed by atoms with Crippen molar-refractivity contribution in [2.24, 2.45) is 11.8 Å². The molecule has 116 valence electrons. The molecule has 0 bridgehead atoms. The second-order valence-corrected chi connectivity index (χ2v) is 6.37. The van der Waals surface area contributed by atoms with Crippen LogP contribution in [-0.2, 0) is 6.42 Å². The number of hydrogen-bond acceptors (Lipinski definition) is 5. The smallest absolute Gasteiger partial charge is 0.148 e. The van der Waals surface area contributed by atoms with E-state index in [1.165, 1.54) is 44.1 Å². The molecular formula is C16H27N5. The van der Waals surface area contributed by atoms with E-state index in [1.54, 1.807) is 6.33 Å². The van der Waals surface area contributed by atoms with Gasteiger partial charge in [-0.15, -0.1) is 0 Å². The van der Waals surface area contributed by atoms with Gasteiger partial charge >= 0.3 is 0 Å². The fraction of sp³-hybridized carbons (Fsp3) is 0.750. The maximum absolute atomic E-state index is 5.65. The molecule has 2 unspecified atom stereocenters. The number of rotatable bonds is 4. The van der Waals surface area contributed by atoms with E-state index in [1.807, 2.05) is 0 Å². The van der Waals surface area contributed by atoms with Crippen LogP contribution < -0.4 is 16.2 Å². The minimum Gasteiger partial charge on any atom is -0.353 e. The summed E-state index contributed by atoms with van der Waals surface area (Å²) in [6, 6.07) is 0.670. The Kier molecular flexibility index (Phi) is 4.58. The van der Waals surface area contributed by atoms with E-state index in [2.05, 4.69) is 27.2 Å². The first-order valence-electron chi connectivity index (χ1n) is 8.42. The van der Waals surface area contributed by atoms with Crippen LogP contribution in [0.3, 0.4) is 0 Å². The van der Waals surface area contributed by atoms with Gasteiger partial charge < -0.3 is 10.3 Å². The SMILES string of the molecule is CCCc1c(NN)ncnc1N1CCCC2CCCCC21. The van der Waals surface area contributed by atoms with Crippen LogP contribution in [0.2, 0.25) is 0 Å². The molecule has 1 aromatic rings. The summed E-state index contributed by atoms with van der Waals surface area (Å²) in [7, 11) is 0. The summed E-state index contributed by atoms with van der Waals surface area (Å²) in [6.45, 7) is 3.32. The molecule has 0 amide bonds. The molecule has 5 heteroatoms. The molecule has 3 N–H and O–H groups in total. The first kappa shape index (κ1) is 14.6. The topological polar surface area (TPSA) is 67.1 Å². The number of nitrogens with zero attached hydrogens (tertiary/aromatic N) is 3. The number of anilines is 2. The second-order valence-electron chi connectivity index (χ2n) is 6.37. The Morgan fingerprint density at radius 1 is 1.24 bits per heavy atom. The molecule has 2 fully saturated rings. The highest BCUT2D eigenvalue weighted by Gasteiger charge is 2.35. The zero-order valence-electron chi connectivity index (χ0n) is 13.0. The predicted octanol–water partition coefficient (Wildman–Crippen LogP) is 2.87. The molecule has 0 spiro atoms. The highest BCUT2D eigenvalue weighted by atomic mass is 15.3. The summed E-state index contributed by atoms with van der Waals surface area (Å²) >= 11 is 0. The Balaban J connectivity index is 1.94. The Morgan fingerprint density at radius 3 is 2.86 bits per heavy atom. The highest BCUT2D eigenvalue weighted by Crippen LogP contribution is 2.39. The average Bonchev–Trinajstić information content (AvgIpc) is 2.55. The van der Waals surface area contributed by atoms with Crippen molar-refractivity contribution < 1.29 is 0 Å². The Labute approximate surface area is 127 Å². The maximum Gasteiger partial charge on any atom is 0.148 e. The molecular weight excluding hydrogens is 262 g/mol. The molecule has 21 heavy (non-hydrogen) atoms. The van der Waals surface area contributed by atoms with E-state index in [-0.39, 0.29) is 0 Å². The molecule has 1 saturated carbocycles. The zero-order valence-corrected chi connectivity index (χ0v) is 13.0. The standard InChI is InChI=1S/C16H27N5/c1-2-6-13-15(20-17)18-11-19-16(13)21-10-5-8-12-7-3-4-9-14(12)21/h11-12,14H,2-10,17H2,1H3,(H,18,19,20). The van der Waals surface area contributed by atoms with E-state index in [0.29, 0.717) is 6.04 Å². The molecule has 5 nitrogen and oxygen atoms in total.